The van der Waals surface area contributed by atoms with Gasteiger partial charge in [0.25, 0.3) is 5.91 Å². The van der Waals surface area contributed by atoms with Gasteiger partial charge in [0.15, 0.2) is 5.13 Å². The van der Waals surface area contributed by atoms with Gasteiger partial charge in [-0.05, 0) is 32.6 Å². The van der Waals surface area contributed by atoms with Crippen LogP contribution in [0.4, 0.5) is 16.9 Å². The number of hydrogen-bond acceptors (Lipinski definition) is 9. The van der Waals surface area contributed by atoms with Crippen LogP contribution in [0.3, 0.4) is 0 Å². The minimum atomic E-state index is -0.123. The van der Waals surface area contributed by atoms with Crippen molar-refractivity contribution in [1.29, 1.82) is 0 Å². The molecule has 9 nitrogen and oxygen atoms in total. The molecule has 1 amide bonds. The first-order valence-corrected chi connectivity index (χ1v) is 11.8. The predicted octanol–water partition coefficient (Wildman–Crippen LogP) is 2.24. The molecule has 32 heavy (non-hydrogen) atoms. The number of anilines is 3. The summed E-state index contributed by atoms with van der Waals surface area (Å²) in [7, 11) is 0. The lowest BCUT2D eigenvalue weighted by Gasteiger charge is -2.32. The van der Waals surface area contributed by atoms with Gasteiger partial charge in [-0.3, -0.25) is 9.69 Å². The average molecular weight is 456 g/mol. The molecule has 0 aliphatic carbocycles. The second-order valence-corrected chi connectivity index (χ2v) is 9.20. The summed E-state index contributed by atoms with van der Waals surface area (Å²) in [6.07, 6.45) is 3.72. The van der Waals surface area contributed by atoms with Gasteiger partial charge in [0.1, 0.15) is 5.82 Å². The molecule has 4 heterocycles. The Labute approximate surface area is 192 Å². The Bertz CT molecular complexity index is 994. The van der Waals surface area contributed by atoms with Crippen LogP contribution >= 0.6 is 11.3 Å². The average Bonchev–Trinajstić information content (AvgIpc) is 3.19. The van der Waals surface area contributed by atoms with E-state index in [1.807, 2.05) is 19.2 Å². The van der Waals surface area contributed by atoms with Crippen molar-refractivity contribution in [2.45, 2.75) is 39.3 Å². The van der Waals surface area contributed by atoms with Crippen molar-refractivity contribution >= 4 is 34.1 Å². The van der Waals surface area contributed by atoms with E-state index in [1.165, 1.54) is 0 Å². The molecule has 1 unspecified atom stereocenters. The molecule has 2 saturated heterocycles. The van der Waals surface area contributed by atoms with Gasteiger partial charge in [-0.2, -0.15) is 4.98 Å². The molecular weight excluding hydrogens is 426 g/mol. The Hall–Kier alpha value is -2.74. The summed E-state index contributed by atoms with van der Waals surface area (Å²) >= 11 is 1.59. The minimum absolute atomic E-state index is 0.0833. The Balaban J connectivity index is 1.51. The van der Waals surface area contributed by atoms with E-state index in [4.69, 9.17) is 14.7 Å². The smallest absolute Gasteiger partial charge is 0.298 e. The predicted molar refractivity (Wildman–Crippen MR) is 125 cm³/mol. The van der Waals surface area contributed by atoms with Crippen LogP contribution in [0.1, 0.15) is 30.3 Å². The lowest BCUT2D eigenvalue weighted by molar-refractivity contribution is -0.126. The van der Waals surface area contributed by atoms with Crippen molar-refractivity contribution in [1.82, 2.24) is 24.8 Å². The van der Waals surface area contributed by atoms with E-state index in [1.54, 1.807) is 23.2 Å². The number of aromatic nitrogens is 3. The van der Waals surface area contributed by atoms with Crippen molar-refractivity contribution in [3.8, 4) is 11.8 Å². The molecule has 170 valence electrons. The van der Waals surface area contributed by atoms with Gasteiger partial charge in [0.05, 0.1) is 18.9 Å². The minimum Gasteiger partial charge on any atom is -0.379 e. The molecular formula is C22H29N7O2S. The van der Waals surface area contributed by atoms with Crippen molar-refractivity contribution in [3.63, 3.8) is 0 Å². The third kappa shape index (κ3) is 6.16. The third-order valence-electron chi connectivity index (χ3n) is 5.40. The van der Waals surface area contributed by atoms with Crippen molar-refractivity contribution in [2.24, 2.45) is 0 Å². The van der Waals surface area contributed by atoms with Crippen LogP contribution in [0.5, 0.6) is 0 Å². The lowest BCUT2D eigenvalue weighted by Crippen LogP contribution is -2.45. The summed E-state index contributed by atoms with van der Waals surface area (Å²) in [5, 5.41) is 7.57. The quantitative estimate of drug-likeness (QED) is 0.641. The number of likely N-dealkylation sites (tertiary alicyclic amines) is 1. The maximum absolute atomic E-state index is 12.2. The van der Waals surface area contributed by atoms with Gasteiger partial charge >= 0.3 is 0 Å². The zero-order valence-electron chi connectivity index (χ0n) is 18.6. The van der Waals surface area contributed by atoms with E-state index in [0.29, 0.717) is 18.3 Å². The Morgan fingerprint density at radius 2 is 2.16 bits per heavy atom. The molecule has 0 spiro atoms. The van der Waals surface area contributed by atoms with Gasteiger partial charge < -0.3 is 20.3 Å². The number of carbonyl (C=O) groups is 1. The Kier molecular flexibility index (Phi) is 7.52. The number of hydrogen-bond donors (Lipinski definition) is 2. The highest BCUT2D eigenvalue weighted by molar-refractivity contribution is 7.15. The fourth-order valence-corrected chi connectivity index (χ4v) is 4.54. The molecule has 2 fully saturated rings. The first-order valence-electron chi connectivity index (χ1n) is 10.9. The number of piperidine rings is 1. The Morgan fingerprint density at radius 1 is 1.31 bits per heavy atom. The fourth-order valence-electron chi connectivity index (χ4n) is 3.87. The molecule has 2 aliphatic rings. The van der Waals surface area contributed by atoms with Crippen LogP contribution in [0, 0.1) is 18.8 Å². The third-order valence-corrected chi connectivity index (χ3v) is 6.23. The maximum atomic E-state index is 12.2. The van der Waals surface area contributed by atoms with E-state index < -0.39 is 0 Å². The highest BCUT2D eigenvalue weighted by atomic mass is 32.1. The van der Waals surface area contributed by atoms with Crippen LogP contribution in [-0.4, -0.2) is 76.1 Å². The molecule has 2 aromatic heterocycles. The van der Waals surface area contributed by atoms with Crippen molar-refractivity contribution in [2.75, 3.05) is 50.0 Å². The number of ether oxygens (including phenoxy) is 1. The van der Waals surface area contributed by atoms with Crippen molar-refractivity contribution in [3.05, 3.63) is 22.8 Å². The van der Waals surface area contributed by atoms with E-state index in [2.05, 4.69) is 32.4 Å². The van der Waals surface area contributed by atoms with Crippen LogP contribution in [0.2, 0.25) is 0 Å². The fraction of sp³-hybridized carbons (Fsp3) is 0.545. The van der Waals surface area contributed by atoms with Crippen LogP contribution in [-0.2, 0) is 16.1 Å². The van der Waals surface area contributed by atoms with E-state index in [0.717, 1.165) is 67.9 Å². The zero-order chi connectivity index (χ0) is 22.3. The molecule has 0 bridgehead atoms. The lowest BCUT2D eigenvalue weighted by atomic mass is 10.1. The molecule has 2 N–H and O–H groups in total. The summed E-state index contributed by atoms with van der Waals surface area (Å²) in [4.78, 5) is 31.3. The highest BCUT2D eigenvalue weighted by Crippen LogP contribution is 2.23. The summed E-state index contributed by atoms with van der Waals surface area (Å²) in [6.45, 7) is 9.03. The number of amides is 1. The first-order chi connectivity index (χ1) is 15.6. The first kappa shape index (κ1) is 22.5. The molecule has 1 atom stereocenters. The molecule has 0 saturated carbocycles. The molecule has 0 aromatic carbocycles. The van der Waals surface area contributed by atoms with Gasteiger partial charge in [-0.25, -0.2) is 9.97 Å². The SMILES string of the molecule is CC#CC(=O)N1CCCC(Nc2nc(CN3CCOCC3)cc(Nc3ncc(C)s3)n2)C1. The molecule has 4 rings (SSSR count). The number of nitrogens with one attached hydrogen (secondary N) is 2. The van der Waals surface area contributed by atoms with Gasteiger partial charge in [0.2, 0.25) is 5.95 Å². The number of rotatable bonds is 6. The molecule has 2 aromatic rings. The standard InChI is InChI=1S/C22H29N7O2S/c1-3-5-20(30)29-7-4-6-17(15-29)24-21-25-18(14-28-8-10-31-11-9-28)12-19(26-21)27-22-23-13-16(2)32-22/h12-13,17H,4,6-11,14-15H2,1-2H3,(H2,23,24,25,26,27). The topological polar surface area (TPSA) is 95.5 Å². The monoisotopic (exact) mass is 455 g/mol. The highest BCUT2D eigenvalue weighted by Gasteiger charge is 2.24. The van der Waals surface area contributed by atoms with Gasteiger partial charge in [0, 0.05) is 55.9 Å². The number of carbonyl (C=O) groups excluding carboxylic acids is 1. The van der Waals surface area contributed by atoms with Crippen LogP contribution < -0.4 is 10.6 Å². The van der Waals surface area contributed by atoms with E-state index in [-0.39, 0.29) is 11.9 Å². The number of aryl methyl sites for hydroxylation is 1. The van der Waals surface area contributed by atoms with Crippen LogP contribution in [0.15, 0.2) is 12.3 Å². The summed E-state index contributed by atoms with van der Waals surface area (Å²) < 4.78 is 5.47. The van der Waals surface area contributed by atoms with Crippen molar-refractivity contribution < 1.29 is 9.53 Å². The van der Waals surface area contributed by atoms with Crippen LogP contribution in [0.25, 0.3) is 0 Å². The normalized spacial score (nSPS) is 19.2. The molecule has 10 heteroatoms. The number of nitrogens with zero attached hydrogens (tertiary/aromatic N) is 5. The second-order valence-electron chi connectivity index (χ2n) is 7.97. The zero-order valence-corrected chi connectivity index (χ0v) is 19.4. The number of morpholine rings is 1. The van der Waals surface area contributed by atoms with Gasteiger partial charge in [-0.1, -0.05) is 5.92 Å². The molecule has 0 radical (unpaired) electrons. The van der Waals surface area contributed by atoms with Gasteiger partial charge in [-0.15, -0.1) is 11.3 Å². The molecule has 2 aliphatic heterocycles. The summed E-state index contributed by atoms with van der Waals surface area (Å²) in [5.41, 5.74) is 0.931. The largest absolute Gasteiger partial charge is 0.379 e. The van der Waals surface area contributed by atoms with E-state index in [9.17, 15) is 4.79 Å². The summed E-state index contributed by atoms with van der Waals surface area (Å²) in [5.74, 6) is 6.48. The second kappa shape index (κ2) is 10.7. The van der Waals surface area contributed by atoms with E-state index >= 15 is 0 Å². The Morgan fingerprint density at radius 3 is 2.91 bits per heavy atom. The maximum Gasteiger partial charge on any atom is 0.298 e. The summed E-state index contributed by atoms with van der Waals surface area (Å²) in [6, 6.07) is 2.06. The number of thiazole rings is 1.